The van der Waals surface area contributed by atoms with E-state index in [1.165, 1.54) is 6.92 Å². The van der Waals surface area contributed by atoms with E-state index in [1.807, 2.05) is 19.1 Å². The lowest BCUT2D eigenvalue weighted by atomic mass is 9.88. The minimum atomic E-state index is -0.888. The minimum absolute atomic E-state index is 0.00745. The van der Waals surface area contributed by atoms with Crippen LogP contribution < -0.4 is 5.32 Å². The summed E-state index contributed by atoms with van der Waals surface area (Å²) in [6.45, 7) is 3.47. The third-order valence-electron chi connectivity index (χ3n) is 4.31. The number of amides is 1. The maximum absolute atomic E-state index is 11.5. The SMILES string of the molecule is C/C=C\[C@@H]1C[C@H](C(=O)O)N2CO[C@@H](CC#N)[C@H](NC(C)=O)[C@@H]12. The van der Waals surface area contributed by atoms with Crippen LogP contribution in [-0.2, 0) is 14.3 Å². The van der Waals surface area contributed by atoms with Gasteiger partial charge in [0.15, 0.2) is 0 Å². The van der Waals surface area contributed by atoms with Gasteiger partial charge in [0, 0.05) is 13.0 Å². The molecule has 22 heavy (non-hydrogen) atoms. The topological polar surface area (TPSA) is 103 Å². The molecule has 1 amide bonds. The van der Waals surface area contributed by atoms with Crippen LogP contribution in [0.1, 0.15) is 26.7 Å². The van der Waals surface area contributed by atoms with Gasteiger partial charge in [0.25, 0.3) is 0 Å². The fraction of sp³-hybridized carbons (Fsp3) is 0.667. The zero-order valence-electron chi connectivity index (χ0n) is 12.7. The molecule has 0 aromatic carbocycles. The summed E-state index contributed by atoms with van der Waals surface area (Å²) in [5, 5.41) is 21.2. The Balaban J connectivity index is 2.33. The van der Waals surface area contributed by atoms with Crippen LogP contribution in [0.15, 0.2) is 12.2 Å². The van der Waals surface area contributed by atoms with Gasteiger partial charge in [-0.15, -0.1) is 0 Å². The fourth-order valence-corrected chi connectivity index (χ4v) is 3.51. The standard InChI is InChI=1S/C15H21N3O4/c1-3-4-10-7-11(15(20)21)18-8-22-12(5-6-16)13(14(10)18)17-9(2)19/h3-4,10-14H,5,7-8H2,1-2H3,(H,17,19)(H,20,21)/b4-3-/t10-,11-,12+,13+,14-/m1/s1. The normalized spacial score (nSPS) is 35.0. The molecule has 7 nitrogen and oxygen atoms in total. The van der Waals surface area contributed by atoms with Gasteiger partial charge >= 0.3 is 5.97 Å². The molecule has 2 rings (SSSR count). The number of fused-ring (bicyclic) bond motifs is 1. The summed E-state index contributed by atoms with van der Waals surface area (Å²) in [6, 6.07) is 0.873. The van der Waals surface area contributed by atoms with Gasteiger partial charge in [0.1, 0.15) is 12.8 Å². The van der Waals surface area contributed by atoms with E-state index >= 15 is 0 Å². The molecule has 2 N–H and O–H groups in total. The highest BCUT2D eigenvalue weighted by atomic mass is 16.5. The maximum atomic E-state index is 11.5. The quantitative estimate of drug-likeness (QED) is 0.732. The van der Waals surface area contributed by atoms with Crippen LogP contribution in [0.2, 0.25) is 0 Å². The number of carbonyl (C=O) groups excluding carboxylic acids is 1. The van der Waals surface area contributed by atoms with Crippen molar-refractivity contribution >= 4 is 11.9 Å². The number of carbonyl (C=O) groups is 2. The van der Waals surface area contributed by atoms with Gasteiger partial charge in [0.05, 0.1) is 24.6 Å². The van der Waals surface area contributed by atoms with Crippen molar-refractivity contribution in [3.8, 4) is 6.07 Å². The predicted molar refractivity (Wildman–Crippen MR) is 77.5 cm³/mol. The average Bonchev–Trinajstić information content (AvgIpc) is 2.81. The molecule has 0 saturated carbocycles. The molecule has 0 bridgehead atoms. The Morgan fingerprint density at radius 1 is 1.55 bits per heavy atom. The van der Waals surface area contributed by atoms with E-state index in [4.69, 9.17) is 10.00 Å². The third-order valence-corrected chi connectivity index (χ3v) is 4.31. The Labute approximate surface area is 129 Å². The smallest absolute Gasteiger partial charge is 0.321 e. The second-order valence-electron chi connectivity index (χ2n) is 5.71. The van der Waals surface area contributed by atoms with Gasteiger partial charge in [-0.25, -0.2) is 0 Å². The van der Waals surface area contributed by atoms with E-state index < -0.39 is 24.2 Å². The first kappa shape index (κ1) is 16.5. The zero-order valence-corrected chi connectivity index (χ0v) is 12.7. The highest BCUT2D eigenvalue weighted by Gasteiger charge is 2.52. The molecule has 7 heteroatoms. The summed E-state index contributed by atoms with van der Waals surface area (Å²) in [4.78, 5) is 24.8. The molecule has 0 spiro atoms. The van der Waals surface area contributed by atoms with Gasteiger partial charge < -0.3 is 15.2 Å². The Morgan fingerprint density at radius 2 is 2.27 bits per heavy atom. The minimum Gasteiger partial charge on any atom is -0.480 e. The molecule has 0 aromatic heterocycles. The summed E-state index contributed by atoms with van der Waals surface area (Å²) < 4.78 is 5.65. The Kier molecular flexibility index (Phi) is 5.16. The number of rotatable bonds is 4. The van der Waals surface area contributed by atoms with Crippen LogP contribution in [0.4, 0.5) is 0 Å². The molecule has 2 saturated heterocycles. The van der Waals surface area contributed by atoms with Crippen molar-refractivity contribution in [3.63, 3.8) is 0 Å². The van der Waals surface area contributed by atoms with Crippen molar-refractivity contribution in [2.75, 3.05) is 6.73 Å². The molecule has 0 aliphatic carbocycles. The highest BCUT2D eigenvalue weighted by Crippen LogP contribution is 2.37. The van der Waals surface area contributed by atoms with Crippen LogP contribution >= 0.6 is 0 Å². The monoisotopic (exact) mass is 307 g/mol. The van der Waals surface area contributed by atoms with Crippen molar-refractivity contribution in [2.45, 2.75) is 50.9 Å². The zero-order chi connectivity index (χ0) is 16.3. The Hall–Kier alpha value is -1.91. The molecule has 2 aliphatic heterocycles. The predicted octanol–water partition coefficient (Wildman–Crippen LogP) is 0.481. The largest absolute Gasteiger partial charge is 0.480 e. The van der Waals surface area contributed by atoms with Crippen molar-refractivity contribution in [2.24, 2.45) is 5.92 Å². The number of hydrogen-bond donors (Lipinski definition) is 2. The van der Waals surface area contributed by atoms with E-state index in [-0.39, 0.29) is 31.0 Å². The average molecular weight is 307 g/mol. The number of ether oxygens (including phenoxy) is 1. The van der Waals surface area contributed by atoms with Crippen LogP contribution in [0, 0.1) is 17.2 Å². The number of aliphatic carboxylic acids is 1. The van der Waals surface area contributed by atoms with Gasteiger partial charge in [-0.05, 0) is 19.3 Å². The van der Waals surface area contributed by atoms with E-state index in [0.29, 0.717) is 6.42 Å². The summed E-state index contributed by atoms with van der Waals surface area (Å²) in [6.07, 6.45) is 4.09. The van der Waals surface area contributed by atoms with Gasteiger partial charge in [-0.3, -0.25) is 14.5 Å². The first-order valence-electron chi connectivity index (χ1n) is 7.36. The van der Waals surface area contributed by atoms with Gasteiger partial charge in [-0.1, -0.05) is 12.2 Å². The first-order valence-corrected chi connectivity index (χ1v) is 7.36. The molecule has 0 unspecified atom stereocenters. The fourth-order valence-electron chi connectivity index (χ4n) is 3.51. The van der Waals surface area contributed by atoms with E-state index in [9.17, 15) is 14.7 Å². The molecular weight excluding hydrogens is 286 g/mol. The number of nitriles is 1. The molecule has 2 fully saturated rings. The molecule has 2 heterocycles. The van der Waals surface area contributed by atoms with E-state index in [1.54, 1.807) is 4.90 Å². The lowest BCUT2D eigenvalue weighted by Gasteiger charge is -2.44. The van der Waals surface area contributed by atoms with Gasteiger partial charge in [0.2, 0.25) is 5.91 Å². The summed E-state index contributed by atoms with van der Waals surface area (Å²) >= 11 is 0. The lowest BCUT2D eigenvalue weighted by Crippen LogP contribution is -2.63. The maximum Gasteiger partial charge on any atom is 0.321 e. The van der Waals surface area contributed by atoms with Crippen molar-refractivity contribution in [1.82, 2.24) is 10.2 Å². The summed E-state index contributed by atoms with van der Waals surface area (Å²) in [7, 11) is 0. The van der Waals surface area contributed by atoms with Crippen LogP contribution in [-0.4, -0.2) is 52.8 Å². The number of nitrogens with zero attached hydrogens (tertiary/aromatic N) is 2. The molecule has 5 atom stereocenters. The van der Waals surface area contributed by atoms with Crippen LogP contribution in [0.25, 0.3) is 0 Å². The molecule has 120 valence electrons. The highest BCUT2D eigenvalue weighted by molar-refractivity contribution is 5.75. The molecular formula is C15H21N3O4. The first-order chi connectivity index (χ1) is 10.5. The second-order valence-corrected chi connectivity index (χ2v) is 5.71. The van der Waals surface area contributed by atoms with Gasteiger partial charge in [-0.2, -0.15) is 5.26 Å². The third kappa shape index (κ3) is 3.13. The number of carboxylic acids is 1. The van der Waals surface area contributed by atoms with Crippen molar-refractivity contribution in [3.05, 3.63) is 12.2 Å². The van der Waals surface area contributed by atoms with Crippen molar-refractivity contribution < 1.29 is 19.4 Å². The number of hydrogen-bond acceptors (Lipinski definition) is 5. The number of nitrogens with one attached hydrogen (secondary N) is 1. The second kappa shape index (κ2) is 6.90. The Morgan fingerprint density at radius 3 is 2.82 bits per heavy atom. The summed E-state index contributed by atoms with van der Waals surface area (Å²) in [5.74, 6) is -1.09. The lowest BCUT2D eigenvalue weighted by molar-refractivity contribution is -0.155. The molecule has 0 aromatic rings. The molecule has 2 aliphatic rings. The number of carboxylic acid groups (broad SMARTS) is 1. The number of allylic oxidation sites excluding steroid dienone is 1. The van der Waals surface area contributed by atoms with E-state index in [0.717, 1.165) is 0 Å². The van der Waals surface area contributed by atoms with E-state index in [2.05, 4.69) is 11.4 Å². The summed E-state index contributed by atoms with van der Waals surface area (Å²) in [5.41, 5.74) is 0. The van der Waals surface area contributed by atoms with Crippen molar-refractivity contribution in [1.29, 1.82) is 5.26 Å². The molecule has 0 radical (unpaired) electrons. The van der Waals surface area contributed by atoms with Crippen LogP contribution in [0.5, 0.6) is 0 Å². The van der Waals surface area contributed by atoms with Crippen LogP contribution in [0.3, 0.4) is 0 Å². The Bertz CT molecular complexity index is 513.